The van der Waals surface area contributed by atoms with Crippen molar-refractivity contribution in [3.05, 3.63) is 0 Å². The van der Waals surface area contributed by atoms with E-state index in [0.717, 1.165) is 25.7 Å². The second-order valence-electron chi connectivity index (χ2n) is 4.62. The second kappa shape index (κ2) is 8.04. The van der Waals surface area contributed by atoms with Crippen molar-refractivity contribution in [2.75, 3.05) is 13.2 Å². The van der Waals surface area contributed by atoms with E-state index < -0.39 is 37.3 Å². The molecule has 0 saturated carbocycles. The van der Waals surface area contributed by atoms with E-state index in [1.807, 2.05) is 0 Å². The first-order valence-corrected chi connectivity index (χ1v) is 6.54. The van der Waals surface area contributed by atoms with E-state index in [1.54, 1.807) is 0 Å². The molecular formula is C12H24O6. The molecule has 0 aromatic rings. The lowest BCUT2D eigenvalue weighted by Crippen LogP contribution is -2.59. The van der Waals surface area contributed by atoms with E-state index in [0.29, 0.717) is 6.61 Å². The maximum Gasteiger partial charge on any atom is 0.184 e. The van der Waals surface area contributed by atoms with Crippen LogP contribution in [0.1, 0.15) is 32.6 Å². The van der Waals surface area contributed by atoms with Crippen molar-refractivity contribution in [1.82, 2.24) is 0 Å². The maximum absolute atomic E-state index is 9.79. The Bertz CT molecular complexity index is 225. The summed E-state index contributed by atoms with van der Waals surface area (Å²) in [6, 6.07) is 0. The van der Waals surface area contributed by atoms with Crippen molar-refractivity contribution in [2.24, 2.45) is 0 Å². The molecule has 0 amide bonds. The molecule has 0 aromatic heterocycles. The van der Waals surface area contributed by atoms with Crippen molar-refractivity contribution in [1.29, 1.82) is 0 Å². The van der Waals surface area contributed by atoms with Crippen molar-refractivity contribution in [2.45, 2.75) is 63.3 Å². The average Bonchev–Trinajstić information content (AvgIpc) is 2.37. The molecule has 1 fully saturated rings. The molecule has 0 spiro atoms. The molecule has 0 bridgehead atoms. The highest BCUT2D eigenvalue weighted by Crippen LogP contribution is 2.22. The van der Waals surface area contributed by atoms with Gasteiger partial charge in [0.2, 0.25) is 0 Å². The van der Waals surface area contributed by atoms with Gasteiger partial charge < -0.3 is 29.9 Å². The summed E-state index contributed by atoms with van der Waals surface area (Å²) in [7, 11) is 0. The minimum absolute atomic E-state index is 0.401. The lowest BCUT2D eigenvalue weighted by molar-refractivity contribution is -0.296. The lowest BCUT2D eigenvalue weighted by Gasteiger charge is -2.39. The summed E-state index contributed by atoms with van der Waals surface area (Å²) in [5.74, 6) is 0. The Morgan fingerprint density at radius 2 is 1.78 bits per heavy atom. The van der Waals surface area contributed by atoms with Crippen molar-refractivity contribution in [3.63, 3.8) is 0 Å². The molecule has 1 saturated heterocycles. The first kappa shape index (κ1) is 15.8. The van der Waals surface area contributed by atoms with Gasteiger partial charge in [0.25, 0.3) is 0 Å². The van der Waals surface area contributed by atoms with Crippen LogP contribution in [0.5, 0.6) is 0 Å². The number of unbranched alkanes of at least 4 members (excludes halogenated alkanes) is 3. The van der Waals surface area contributed by atoms with Gasteiger partial charge in [0.05, 0.1) is 6.61 Å². The van der Waals surface area contributed by atoms with Crippen LogP contribution in [0.2, 0.25) is 0 Å². The normalized spacial score (nSPS) is 36.8. The van der Waals surface area contributed by atoms with Crippen molar-refractivity contribution in [3.8, 4) is 0 Å². The molecular weight excluding hydrogens is 240 g/mol. The third-order valence-electron chi connectivity index (χ3n) is 3.15. The molecule has 18 heavy (non-hydrogen) atoms. The van der Waals surface area contributed by atoms with Gasteiger partial charge in [-0.1, -0.05) is 26.2 Å². The van der Waals surface area contributed by atoms with Gasteiger partial charge in [0, 0.05) is 6.61 Å². The summed E-state index contributed by atoms with van der Waals surface area (Å²) in [6.07, 6.45) is -1.68. The molecule has 4 N–H and O–H groups in total. The fourth-order valence-electron chi connectivity index (χ4n) is 2.00. The SMILES string of the molecule is CCCCCCO[C@H]1C(O)O[C@H](CO)[C@@H](O)[C@@H]1O. The topological polar surface area (TPSA) is 99.4 Å². The molecule has 108 valence electrons. The van der Waals surface area contributed by atoms with Gasteiger partial charge in [-0.3, -0.25) is 0 Å². The molecule has 5 atom stereocenters. The maximum atomic E-state index is 9.79. The zero-order chi connectivity index (χ0) is 13.5. The van der Waals surface area contributed by atoms with Crippen LogP contribution in [0.3, 0.4) is 0 Å². The quantitative estimate of drug-likeness (QED) is 0.458. The number of rotatable bonds is 7. The van der Waals surface area contributed by atoms with Gasteiger partial charge in [-0.25, -0.2) is 0 Å². The monoisotopic (exact) mass is 264 g/mol. The molecule has 6 nitrogen and oxygen atoms in total. The predicted molar refractivity (Wildman–Crippen MR) is 63.9 cm³/mol. The first-order valence-electron chi connectivity index (χ1n) is 6.54. The van der Waals surface area contributed by atoms with E-state index in [4.69, 9.17) is 14.6 Å². The fraction of sp³-hybridized carbons (Fsp3) is 1.00. The Balaban J connectivity index is 2.35. The Labute approximate surface area is 107 Å². The highest BCUT2D eigenvalue weighted by atomic mass is 16.7. The van der Waals surface area contributed by atoms with E-state index in [9.17, 15) is 15.3 Å². The molecule has 1 aliphatic heterocycles. The number of ether oxygens (including phenoxy) is 2. The third-order valence-corrected chi connectivity index (χ3v) is 3.15. The van der Waals surface area contributed by atoms with Crippen LogP contribution in [0.15, 0.2) is 0 Å². The first-order chi connectivity index (χ1) is 8.61. The van der Waals surface area contributed by atoms with Crippen LogP contribution in [0.4, 0.5) is 0 Å². The molecule has 1 heterocycles. The van der Waals surface area contributed by atoms with E-state index in [1.165, 1.54) is 0 Å². The summed E-state index contributed by atoms with van der Waals surface area (Å²) in [4.78, 5) is 0. The standard InChI is InChI=1S/C12H24O6/c1-2-3-4-5-6-17-11-10(15)9(14)8(7-13)18-12(11)16/h8-16H,2-7H2,1H3/t8-,9-,10+,11-,12?/m1/s1. The molecule has 0 aliphatic carbocycles. The van der Waals surface area contributed by atoms with Gasteiger partial charge >= 0.3 is 0 Å². The van der Waals surface area contributed by atoms with Gasteiger partial charge in [0.15, 0.2) is 6.29 Å². The Morgan fingerprint density at radius 3 is 2.39 bits per heavy atom. The zero-order valence-corrected chi connectivity index (χ0v) is 10.7. The van der Waals surface area contributed by atoms with Gasteiger partial charge in [-0.15, -0.1) is 0 Å². The number of aliphatic hydroxyl groups excluding tert-OH is 4. The van der Waals surface area contributed by atoms with Crippen LogP contribution in [0, 0.1) is 0 Å². The number of hydrogen-bond acceptors (Lipinski definition) is 6. The second-order valence-corrected chi connectivity index (χ2v) is 4.62. The zero-order valence-electron chi connectivity index (χ0n) is 10.7. The minimum atomic E-state index is -1.33. The van der Waals surface area contributed by atoms with E-state index in [-0.39, 0.29) is 0 Å². The summed E-state index contributed by atoms with van der Waals surface area (Å²) >= 11 is 0. The predicted octanol–water partition coefficient (Wildman–Crippen LogP) is -0.617. The number of aliphatic hydroxyl groups is 4. The highest BCUT2D eigenvalue weighted by Gasteiger charge is 2.44. The van der Waals surface area contributed by atoms with Gasteiger partial charge in [0.1, 0.15) is 24.4 Å². The van der Waals surface area contributed by atoms with Crippen LogP contribution >= 0.6 is 0 Å². The smallest absolute Gasteiger partial charge is 0.184 e. The van der Waals surface area contributed by atoms with E-state index >= 15 is 0 Å². The summed E-state index contributed by atoms with van der Waals surface area (Å²) in [5.41, 5.74) is 0. The van der Waals surface area contributed by atoms with Crippen LogP contribution < -0.4 is 0 Å². The fourth-order valence-corrected chi connectivity index (χ4v) is 2.00. The third kappa shape index (κ3) is 4.15. The van der Waals surface area contributed by atoms with Crippen molar-refractivity contribution >= 4 is 0 Å². The van der Waals surface area contributed by atoms with Crippen LogP contribution in [-0.2, 0) is 9.47 Å². The molecule has 1 unspecified atom stereocenters. The van der Waals surface area contributed by atoms with E-state index in [2.05, 4.69) is 6.92 Å². The van der Waals surface area contributed by atoms with Crippen molar-refractivity contribution < 1.29 is 29.9 Å². The minimum Gasteiger partial charge on any atom is -0.394 e. The molecule has 0 aromatic carbocycles. The largest absolute Gasteiger partial charge is 0.394 e. The summed E-state index contributed by atoms with van der Waals surface area (Å²) in [6.45, 7) is 2.05. The Morgan fingerprint density at radius 1 is 1.06 bits per heavy atom. The summed E-state index contributed by atoms with van der Waals surface area (Å²) < 4.78 is 10.3. The molecule has 6 heteroatoms. The summed E-state index contributed by atoms with van der Waals surface area (Å²) in [5, 5.41) is 38.0. The molecule has 0 radical (unpaired) electrons. The lowest BCUT2D eigenvalue weighted by atomic mass is 9.99. The van der Waals surface area contributed by atoms with Gasteiger partial charge in [-0.05, 0) is 6.42 Å². The Kier molecular flexibility index (Phi) is 7.06. The Hall–Kier alpha value is -0.240. The number of hydrogen-bond donors (Lipinski definition) is 4. The van der Waals surface area contributed by atoms with Gasteiger partial charge in [-0.2, -0.15) is 0 Å². The van der Waals surface area contributed by atoms with Crippen LogP contribution in [0.25, 0.3) is 0 Å². The molecule has 1 aliphatic rings. The highest BCUT2D eigenvalue weighted by molar-refractivity contribution is 4.89. The average molecular weight is 264 g/mol. The molecule has 1 rings (SSSR count). The van der Waals surface area contributed by atoms with Crippen LogP contribution in [-0.4, -0.2) is 64.3 Å².